The minimum Gasteiger partial charge on any atom is -0.494 e. The standard InChI is InChI=1S/C32H34N2O6/c1-4-7-8-17-38-23-12-9-21(10-13-23)32(35)39-24-14-15-25-28(19-24)40-31(34)26(20-33)30(25)22-11-16-27(36-5-2)29(18-22)37-6-3/h9-16,18-19,30H,4-8,17,34H2,1-3H3. The number of nitriles is 1. The first kappa shape index (κ1) is 28.4. The number of ether oxygens (including phenoxy) is 5. The van der Waals surface area contributed by atoms with Crippen molar-refractivity contribution in [2.75, 3.05) is 19.8 Å². The molecule has 0 amide bonds. The number of esters is 1. The van der Waals surface area contributed by atoms with Crippen LogP contribution >= 0.6 is 0 Å². The third-order valence-corrected chi connectivity index (χ3v) is 6.41. The molecule has 3 aromatic rings. The van der Waals surface area contributed by atoms with Crippen LogP contribution in [0.25, 0.3) is 0 Å². The number of benzene rings is 3. The second-order valence-electron chi connectivity index (χ2n) is 9.17. The fraction of sp³-hybridized carbons (Fsp3) is 0.312. The number of rotatable bonds is 12. The Bertz CT molecular complexity index is 1410. The summed E-state index contributed by atoms with van der Waals surface area (Å²) in [5, 5.41) is 9.92. The Morgan fingerprint density at radius 2 is 1.62 bits per heavy atom. The zero-order valence-corrected chi connectivity index (χ0v) is 23.1. The van der Waals surface area contributed by atoms with Gasteiger partial charge in [0, 0.05) is 11.6 Å². The Balaban J connectivity index is 1.56. The van der Waals surface area contributed by atoms with E-state index < -0.39 is 11.9 Å². The maximum atomic E-state index is 12.8. The van der Waals surface area contributed by atoms with Crippen LogP contribution < -0.4 is 29.4 Å². The Morgan fingerprint density at radius 3 is 2.33 bits per heavy atom. The molecule has 2 N–H and O–H groups in total. The van der Waals surface area contributed by atoms with Gasteiger partial charge in [-0.2, -0.15) is 5.26 Å². The number of hydrogen-bond donors (Lipinski definition) is 1. The molecular formula is C32H34N2O6. The summed E-state index contributed by atoms with van der Waals surface area (Å²) in [6.45, 7) is 7.53. The molecule has 208 valence electrons. The normalized spacial score (nSPS) is 14.0. The maximum absolute atomic E-state index is 12.8. The summed E-state index contributed by atoms with van der Waals surface area (Å²) < 4.78 is 28.6. The summed E-state index contributed by atoms with van der Waals surface area (Å²) in [5.41, 5.74) is 8.34. The highest BCUT2D eigenvalue weighted by molar-refractivity contribution is 5.91. The van der Waals surface area contributed by atoms with Crippen molar-refractivity contribution in [3.05, 3.63) is 88.8 Å². The largest absolute Gasteiger partial charge is 0.494 e. The summed E-state index contributed by atoms with van der Waals surface area (Å²) in [5.74, 6) is 1.56. The van der Waals surface area contributed by atoms with E-state index in [1.165, 1.54) is 0 Å². The lowest BCUT2D eigenvalue weighted by Crippen LogP contribution is -2.21. The molecule has 0 saturated heterocycles. The fourth-order valence-electron chi connectivity index (χ4n) is 4.48. The third-order valence-electron chi connectivity index (χ3n) is 6.41. The molecule has 4 rings (SSSR count). The fourth-order valence-corrected chi connectivity index (χ4v) is 4.48. The van der Waals surface area contributed by atoms with Gasteiger partial charge in [0.1, 0.15) is 28.9 Å². The maximum Gasteiger partial charge on any atom is 0.343 e. The number of unbranched alkanes of at least 4 members (excludes halogenated alkanes) is 2. The van der Waals surface area contributed by atoms with Crippen LogP contribution in [0.4, 0.5) is 0 Å². The lowest BCUT2D eigenvalue weighted by Gasteiger charge is -2.27. The molecule has 0 bridgehead atoms. The third kappa shape index (κ3) is 6.49. The first-order chi connectivity index (χ1) is 19.5. The number of allylic oxidation sites excluding steroid dienone is 1. The van der Waals surface area contributed by atoms with Gasteiger partial charge in [0.25, 0.3) is 0 Å². The molecule has 0 radical (unpaired) electrons. The molecule has 0 saturated carbocycles. The van der Waals surface area contributed by atoms with Crippen molar-refractivity contribution in [1.29, 1.82) is 5.26 Å². The van der Waals surface area contributed by atoms with Crippen LogP contribution in [-0.4, -0.2) is 25.8 Å². The highest BCUT2D eigenvalue weighted by Crippen LogP contribution is 2.45. The van der Waals surface area contributed by atoms with Gasteiger partial charge in [0.05, 0.1) is 31.3 Å². The van der Waals surface area contributed by atoms with E-state index in [0.29, 0.717) is 53.9 Å². The minimum absolute atomic E-state index is 0.00940. The van der Waals surface area contributed by atoms with Crippen LogP contribution in [0.15, 0.2) is 72.1 Å². The molecule has 0 spiro atoms. The number of nitrogens with two attached hydrogens (primary N) is 1. The molecule has 1 unspecified atom stereocenters. The minimum atomic E-state index is -0.515. The number of nitrogens with zero attached hydrogens (tertiary/aromatic N) is 1. The van der Waals surface area contributed by atoms with Gasteiger partial charge in [-0.05, 0) is 68.3 Å². The van der Waals surface area contributed by atoms with Crippen LogP contribution in [-0.2, 0) is 0 Å². The van der Waals surface area contributed by atoms with E-state index in [0.717, 1.165) is 24.8 Å². The number of carbonyl (C=O) groups is 1. The number of carbonyl (C=O) groups excluding carboxylic acids is 1. The molecule has 3 aromatic carbocycles. The van der Waals surface area contributed by atoms with Crippen LogP contribution in [0.3, 0.4) is 0 Å². The molecule has 0 aromatic heterocycles. The quantitative estimate of drug-likeness (QED) is 0.157. The predicted molar refractivity (Wildman–Crippen MR) is 151 cm³/mol. The SMILES string of the molecule is CCCCCOc1ccc(C(=O)Oc2ccc3c(c2)OC(N)=C(C#N)C3c2ccc(OCC)c(OCC)c2)cc1. The molecule has 1 aliphatic rings. The van der Waals surface area contributed by atoms with Crippen LogP contribution in [0.5, 0.6) is 28.7 Å². The van der Waals surface area contributed by atoms with E-state index in [9.17, 15) is 10.1 Å². The molecule has 8 nitrogen and oxygen atoms in total. The van der Waals surface area contributed by atoms with E-state index >= 15 is 0 Å². The van der Waals surface area contributed by atoms with Crippen LogP contribution in [0, 0.1) is 11.3 Å². The van der Waals surface area contributed by atoms with Gasteiger partial charge in [0.15, 0.2) is 11.5 Å². The Morgan fingerprint density at radius 1 is 0.900 bits per heavy atom. The first-order valence-corrected chi connectivity index (χ1v) is 13.5. The molecule has 1 aliphatic heterocycles. The number of hydrogen-bond acceptors (Lipinski definition) is 8. The molecule has 0 fully saturated rings. The number of fused-ring (bicyclic) bond motifs is 1. The van der Waals surface area contributed by atoms with Crippen molar-refractivity contribution in [2.45, 2.75) is 46.0 Å². The zero-order chi connectivity index (χ0) is 28.5. The van der Waals surface area contributed by atoms with Gasteiger partial charge in [-0.15, -0.1) is 0 Å². The van der Waals surface area contributed by atoms with Crippen LogP contribution in [0.1, 0.15) is 67.4 Å². The van der Waals surface area contributed by atoms with Gasteiger partial charge in [0.2, 0.25) is 5.88 Å². The van der Waals surface area contributed by atoms with Gasteiger partial charge >= 0.3 is 5.97 Å². The average Bonchev–Trinajstić information content (AvgIpc) is 2.96. The van der Waals surface area contributed by atoms with Crippen molar-refractivity contribution >= 4 is 5.97 Å². The molecule has 1 atom stereocenters. The molecular weight excluding hydrogens is 508 g/mol. The van der Waals surface area contributed by atoms with Crippen molar-refractivity contribution in [3.63, 3.8) is 0 Å². The monoisotopic (exact) mass is 542 g/mol. The van der Waals surface area contributed by atoms with E-state index in [2.05, 4.69) is 13.0 Å². The van der Waals surface area contributed by atoms with E-state index in [4.69, 9.17) is 29.4 Å². The summed E-state index contributed by atoms with van der Waals surface area (Å²) >= 11 is 0. The highest BCUT2D eigenvalue weighted by Gasteiger charge is 2.32. The summed E-state index contributed by atoms with van der Waals surface area (Å²) in [6, 6.07) is 19.6. The smallest absolute Gasteiger partial charge is 0.343 e. The van der Waals surface area contributed by atoms with E-state index in [1.807, 2.05) is 32.0 Å². The highest BCUT2D eigenvalue weighted by atomic mass is 16.5. The molecule has 0 aliphatic carbocycles. The Hall–Kier alpha value is -4.64. The second kappa shape index (κ2) is 13.4. The molecule has 1 heterocycles. The van der Waals surface area contributed by atoms with Crippen molar-refractivity contribution in [1.82, 2.24) is 0 Å². The first-order valence-electron chi connectivity index (χ1n) is 13.5. The van der Waals surface area contributed by atoms with Gasteiger partial charge in [-0.1, -0.05) is 31.9 Å². The van der Waals surface area contributed by atoms with E-state index in [-0.39, 0.29) is 17.2 Å². The topological polar surface area (TPSA) is 113 Å². The summed E-state index contributed by atoms with van der Waals surface area (Å²) in [7, 11) is 0. The second-order valence-corrected chi connectivity index (χ2v) is 9.17. The van der Waals surface area contributed by atoms with Crippen molar-refractivity contribution < 1.29 is 28.5 Å². The lowest BCUT2D eigenvalue weighted by atomic mass is 9.83. The van der Waals surface area contributed by atoms with E-state index in [1.54, 1.807) is 42.5 Å². The Labute approximate surface area is 234 Å². The van der Waals surface area contributed by atoms with Crippen molar-refractivity contribution in [2.24, 2.45) is 5.73 Å². The van der Waals surface area contributed by atoms with Crippen molar-refractivity contribution in [3.8, 4) is 34.8 Å². The van der Waals surface area contributed by atoms with Gasteiger partial charge in [-0.3, -0.25) is 0 Å². The summed E-state index contributed by atoms with van der Waals surface area (Å²) in [6.07, 6.45) is 3.23. The van der Waals surface area contributed by atoms with Gasteiger partial charge < -0.3 is 29.4 Å². The van der Waals surface area contributed by atoms with Crippen LogP contribution in [0.2, 0.25) is 0 Å². The molecule has 40 heavy (non-hydrogen) atoms. The average molecular weight is 543 g/mol. The zero-order valence-electron chi connectivity index (χ0n) is 23.1. The van der Waals surface area contributed by atoms with Gasteiger partial charge in [-0.25, -0.2) is 4.79 Å². The molecule has 8 heteroatoms. The lowest BCUT2D eigenvalue weighted by molar-refractivity contribution is 0.0734. The Kier molecular flexibility index (Phi) is 9.53. The summed E-state index contributed by atoms with van der Waals surface area (Å²) in [4.78, 5) is 12.8. The predicted octanol–water partition coefficient (Wildman–Crippen LogP) is 6.49.